The topological polar surface area (TPSA) is 19.4 Å². The standard InChI is InChI=1S/C12H18ClN3S/c1-3-17-10-4-5-11(14-12(10)13)16-8-6-15(2)7-9-16/h4-5H,3,6-9H2,1-2H3. The van der Waals surface area contributed by atoms with E-state index in [1.165, 1.54) is 0 Å². The molecule has 1 fully saturated rings. The van der Waals surface area contributed by atoms with Crippen LogP contribution in [0.5, 0.6) is 0 Å². The molecule has 0 spiro atoms. The smallest absolute Gasteiger partial charge is 0.145 e. The van der Waals surface area contributed by atoms with Crippen molar-refractivity contribution in [2.75, 3.05) is 43.9 Å². The molecule has 2 rings (SSSR count). The Kier molecular flexibility index (Phi) is 4.54. The Bertz CT molecular complexity index is 378. The van der Waals surface area contributed by atoms with Crippen molar-refractivity contribution in [3.05, 3.63) is 17.3 Å². The van der Waals surface area contributed by atoms with Gasteiger partial charge in [-0.15, -0.1) is 11.8 Å². The van der Waals surface area contributed by atoms with E-state index in [0.29, 0.717) is 5.15 Å². The molecule has 5 heteroatoms. The predicted octanol–water partition coefficient (Wildman–Crippen LogP) is 2.60. The zero-order chi connectivity index (χ0) is 12.3. The molecule has 2 heterocycles. The summed E-state index contributed by atoms with van der Waals surface area (Å²) in [6, 6.07) is 4.16. The van der Waals surface area contributed by atoms with E-state index in [2.05, 4.69) is 40.9 Å². The van der Waals surface area contributed by atoms with E-state index in [4.69, 9.17) is 11.6 Å². The maximum Gasteiger partial charge on any atom is 0.145 e. The average molecular weight is 272 g/mol. The highest BCUT2D eigenvalue weighted by Gasteiger charge is 2.16. The summed E-state index contributed by atoms with van der Waals surface area (Å²) >= 11 is 7.92. The minimum absolute atomic E-state index is 0.633. The van der Waals surface area contributed by atoms with Gasteiger partial charge in [0.2, 0.25) is 0 Å². The van der Waals surface area contributed by atoms with Crippen molar-refractivity contribution in [3.8, 4) is 0 Å². The normalized spacial score (nSPS) is 17.5. The van der Waals surface area contributed by atoms with Gasteiger partial charge >= 0.3 is 0 Å². The van der Waals surface area contributed by atoms with Crippen molar-refractivity contribution >= 4 is 29.2 Å². The predicted molar refractivity (Wildman–Crippen MR) is 75.4 cm³/mol. The number of piperazine rings is 1. The number of hydrogen-bond acceptors (Lipinski definition) is 4. The molecule has 0 aliphatic carbocycles. The van der Waals surface area contributed by atoms with E-state index < -0.39 is 0 Å². The van der Waals surface area contributed by atoms with Gasteiger partial charge in [-0.25, -0.2) is 4.98 Å². The molecule has 0 aromatic carbocycles. The third kappa shape index (κ3) is 3.27. The van der Waals surface area contributed by atoms with Gasteiger partial charge in [0.1, 0.15) is 11.0 Å². The fraction of sp³-hybridized carbons (Fsp3) is 0.583. The summed E-state index contributed by atoms with van der Waals surface area (Å²) in [6.45, 7) is 6.35. The Balaban J connectivity index is 2.09. The largest absolute Gasteiger partial charge is 0.354 e. The molecule has 0 saturated carbocycles. The molecule has 0 radical (unpaired) electrons. The molecule has 1 aromatic rings. The van der Waals surface area contributed by atoms with Gasteiger partial charge in [-0.3, -0.25) is 0 Å². The molecule has 1 saturated heterocycles. The van der Waals surface area contributed by atoms with Crippen LogP contribution in [-0.4, -0.2) is 48.9 Å². The molecule has 1 aliphatic rings. The van der Waals surface area contributed by atoms with E-state index in [-0.39, 0.29) is 0 Å². The van der Waals surface area contributed by atoms with Crippen molar-refractivity contribution in [2.24, 2.45) is 0 Å². The molecule has 17 heavy (non-hydrogen) atoms. The van der Waals surface area contributed by atoms with Gasteiger partial charge in [0.25, 0.3) is 0 Å². The van der Waals surface area contributed by atoms with Crippen LogP contribution >= 0.6 is 23.4 Å². The number of halogens is 1. The highest BCUT2D eigenvalue weighted by Crippen LogP contribution is 2.28. The molecule has 0 atom stereocenters. The first-order valence-electron chi connectivity index (χ1n) is 5.93. The lowest BCUT2D eigenvalue weighted by atomic mass is 10.3. The number of likely N-dealkylation sites (N-methyl/N-ethyl adjacent to an activating group) is 1. The molecular formula is C12H18ClN3S. The number of hydrogen-bond donors (Lipinski definition) is 0. The molecule has 1 aliphatic heterocycles. The molecule has 0 unspecified atom stereocenters. The molecule has 0 bridgehead atoms. The monoisotopic (exact) mass is 271 g/mol. The number of anilines is 1. The van der Waals surface area contributed by atoms with Gasteiger partial charge < -0.3 is 9.80 Å². The van der Waals surface area contributed by atoms with Gasteiger partial charge in [-0.05, 0) is 24.9 Å². The number of thioether (sulfide) groups is 1. The van der Waals surface area contributed by atoms with Crippen molar-refractivity contribution in [1.82, 2.24) is 9.88 Å². The van der Waals surface area contributed by atoms with Crippen LogP contribution in [0.3, 0.4) is 0 Å². The van der Waals surface area contributed by atoms with E-state index in [1.54, 1.807) is 11.8 Å². The quantitative estimate of drug-likeness (QED) is 0.621. The molecular weight excluding hydrogens is 254 g/mol. The van der Waals surface area contributed by atoms with Gasteiger partial charge in [0.15, 0.2) is 0 Å². The van der Waals surface area contributed by atoms with Crippen LogP contribution in [0.2, 0.25) is 5.15 Å². The van der Waals surface area contributed by atoms with E-state index >= 15 is 0 Å². The molecule has 0 N–H and O–H groups in total. The summed E-state index contributed by atoms with van der Waals surface area (Å²) in [5, 5.41) is 0.633. The van der Waals surface area contributed by atoms with Crippen LogP contribution in [0.4, 0.5) is 5.82 Å². The molecule has 3 nitrogen and oxygen atoms in total. The first kappa shape index (κ1) is 13.0. The van der Waals surface area contributed by atoms with Gasteiger partial charge in [0, 0.05) is 31.1 Å². The van der Waals surface area contributed by atoms with E-state index in [0.717, 1.165) is 42.6 Å². The molecule has 0 amide bonds. The second-order valence-electron chi connectivity index (χ2n) is 4.18. The van der Waals surface area contributed by atoms with Crippen LogP contribution in [0.25, 0.3) is 0 Å². The molecule has 1 aromatic heterocycles. The zero-order valence-corrected chi connectivity index (χ0v) is 11.9. The lowest BCUT2D eigenvalue weighted by Crippen LogP contribution is -2.44. The zero-order valence-electron chi connectivity index (χ0n) is 10.3. The summed E-state index contributed by atoms with van der Waals surface area (Å²) < 4.78 is 0. The first-order valence-corrected chi connectivity index (χ1v) is 7.30. The Morgan fingerprint density at radius 2 is 2.00 bits per heavy atom. The van der Waals surface area contributed by atoms with Crippen molar-refractivity contribution < 1.29 is 0 Å². The summed E-state index contributed by atoms with van der Waals surface area (Å²) in [4.78, 5) is 10.2. The lowest BCUT2D eigenvalue weighted by Gasteiger charge is -2.33. The van der Waals surface area contributed by atoms with Crippen LogP contribution < -0.4 is 4.90 Å². The summed E-state index contributed by atoms with van der Waals surface area (Å²) in [6.07, 6.45) is 0. The lowest BCUT2D eigenvalue weighted by molar-refractivity contribution is 0.312. The number of aromatic nitrogens is 1. The third-order valence-electron chi connectivity index (χ3n) is 2.93. The maximum atomic E-state index is 6.19. The van der Waals surface area contributed by atoms with Crippen molar-refractivity contribution in [2.45, 2.75) is 11.8 Å². The van der Waals surface area contributed by atoms with Crippen LogP contribution in [0, 0.1) is 0 Å². The number of rotatable bonds is 3. The Morgan fingerprint density at radius 3 is 2.59 bits per heavy atom. The third-order valence-corrected chi connectivity index (χ3v) is 4.26. The van der Waals surface area contributed by atoms with Crippen LogP contribution in [0.15, 0.2) is 17.0 Å². The number of pyridine rings is 1. The highest BCUT2D eigenvalue weighted by atomic mass is 35.5. The summed E-state index contributed by atoms with van der Waals surface area (Å²) in [5.74, 6) is 2.03. The Morgan fingerprint density at radius 1 is 1.29 bits per heavy atom. The Labute approximate surface area is 112 Å². The van der Waals surface area contributed by atoms with Crippen molar-refractivity contribution in [1.29, 1.82) is 0 Å². The number of nitrogens with zero attached hydrogens (tertiary/aromatic N) is 3. The average Bonchev–Trinajstić information content (AvgIpc) is 2.33. The van der Waals surface area contributed by atoms with Crippen LogP contribution in [0.1, 0.15) is 6.92 Å². The highest BCUT2D eigenvalue weighted by molar-refractivity contribution is 7.99. The van der Waals surface area contributed by atoms with Gasteiger partial charge in [-0.2, -0.15) is 0 Å². The summed E-state index contributed by atoms with van der Waals surface area (Å²) in [5.41, 5.74) is 0. The van der Waals surface area contributed by atoms with Gasteiger partial charge in [0.05, 0.1) is 0 Å². The Hall–Kier alpha value is -0.450. The summed E-state index contributed by atoms with van der Waals surface area (Å²) in [7, 11) is 2.15. The second-order valence-corrected chi connectivity index (χ2v) is 5.85. The maximum absolute atomic E-state index is 6.19. The SMILES string of the molecule is CCSc1ccc(N2CCN(C)CC2)nc1Cl. The fourth-order valence-electron chi connectivity index (χ4n) is 1.89. The van der Waals surface area contributed by atoms with Crippen molar-refractivity contribution in [3.63, 3.8) is 0 Å². The van der Waals surface area contributed by atoms with E-state index in [1.807, 2.05) is 0 Å². The minimum atomic E-state index is 0.633. The van der Waals surface area contributed by atoms with Crippen LogP contribution in [-0.2, 0) is 0 Å². The first-order chi connectivity index (χ1) is 8.20. The second kappa shape index (κ2) is 5.94. The van der Waals surface area contributed by atoms with Gasteiger partial charge in [-0.1, -0.05) is 18.5 Å². The minimum Gasteiger partial charge on any atom is -0.354 e. The molecule has 94 valence electrons. The fourth-order valence-corrected chi connectivity index (χ4v) is 2.84. The van der Waals surface area contributed by atoms with E-state index in [9.17, 15) is 0 Å².